The van der Waals surface area contributed by atoms with Crippen LogP contribution in [0.3, 0.4) is 0 Å². The molecule has 0 radical (unpaired) electrons. The molecule has 6 heteroatoms. The number of nitrogens with one attached hydrogen (secondary N) is 2. The quantitative estimate of drug-likeness (QED) is 0.387. The van der Waals surface area contributed by atoms with E-state index in [9.17, 15) is 9.59 Å². The van der Waals surface area contributed by atoms with Crippen LogP contribution in [0.5, 0.6) is 0 Å². The van der Waals surface area contributed by atoms with Crippen molar-refractivity contribution in [3.05, 3.63) is 0 Å². The van der Waals surface area contributed by atoms with Gasteiger partial charge in [-0.05, 0) is 12.8 Å². The van der Waals surface area contributed by atoms with Crippen molar-refractivity contribution < 1.29 is 14.7 Å². The van der Waals surface area contributed by atoms with Gasteiger partial charge in [-0.15, -0.1) is 0 Å². The number of amides is 1. The summed E-state index contributed by atoms with van der Waals surface area (Å²) in [6.45, 7) is 1.27. The number of nitrogens with two attached hydrogens (primary N) is 1. The zero-order valence-corrected chi connectivity index (χ0v) is 8.53. The average molecular weight is 215 g/mol. The third-order valence-electron chi connectivity index (χ3n) is 2.23. The smallest absolute Gasteiger partial charge is 0.321 e. The van der Waals surface area contributed by atoms with E-state index in [1.807, 2.05) is 0 Å². The Kier molecular flexibility index (Phi) is 4.51. The van der Waals surface area contributed by atoms with E-state index >= 15 is 0 Å². The van der Waals surface area contributed by atoms with Crippen LogP contribution in [0, 0.1) is 5.92 Å². The first-order valence-electron chi connectivity index (χ1n) is 5.08. The van der Waals surface area contributed by atoms with Gasteiger partial charge in [-0.25, -0.2) is 0 Å². The maximum atomic E-state index is 11.2. The minimum Gasteiger partial charge on any atom is -0.480 e. The van der Waals surface area contributed by atoms with E-state index in [1.165, 1.54) is 0 Å². The van der Waals surface area contributed by atoms with E-state index < -0.39 is 12.0 Å². The highest BCUT2D eigenvalue weighted by molar-refractivity contribution is 5.80. The summed E-state index contributed by atoms with van der Waals surface area (Å²) >= 11 is 0. The lowest BCUT2D eigenvalue weighted by Crippen LogP contribution is -2.42. The fourth-order valence-corrected chi connectivity index (χ4v) is 1.11. The molecule has 1 aliphatic rings. The predicted molar refractivity (Wildman–Crippen MR) is 54.2 cm³/mol. The summed E-state index contributed by atoms with van der Waals surface area (Å²) in [6.07, 6.45) is 1.98. The first kappa shape index (κ1) is 11.9. The van der Waals surface area contributed by atoms with Crippen molar-refractivity contribution in [3.8, 4) is 0 Å². The van der Waals surface area contributed by atoms with Crippen LogP contribution in [-0.2, 0) is 9.59 Å². The van der Waals surface area contributed by atoms with Gasteiger partial charge in [0, 0.05) is 25.6 Å². The third-order valence-corrected chi connectivity index (χ3v) is 2.23. The van der Waals surface area contributed by atoms with Crippen molar-refractivity contribution in [1.82, 2.24) is 10.6 Å². The van der Waals surface area contributed by atoms with Crippen LogP contribution in [0.25, 0.3) is 0 Å². The van der Waals surface area contributed by atoms with E-state index in [4.69, 9.17) is 10.8 Å². The molecule has 1 fully saturated rings. The molecule has 6 nitrogen and oxygen atoms in total. The van der Waals surface area contributed by atoms with Crippen molar-refractivity contribution >= 4 is 11.9 Å². The second-order valence-corrected chi connectivity index (χ2v) is 3.71. The molecule has 0 aromatic rings. The van der Waals surface area contributed by atoms with Crippen molar-refractivity contribution in [2.24, 2.45) is 11.7 Å². The van der Waals surface area contributed by atoms with Gasteiger partial charge in [0.1, 0.15) is 6.04 Å². The first-order valence-corrected chi connectivity index (χ1v) is 5.08. The van der Waals surface area contributed by atoms with Gasteiger partial charge in [0.2, 0.25) is 5.91 Å². The third kappa shape index (κ3) is 4.75. The SMILES string of the molecule is NC(CNCCNC(=O)C1CC1)C(=O)O. The number of hydrogen-bond donors (Lipinski definition) is 4. The molecule has 0 bridgehead atoms. The van der Waals surface area contributed by atoms with Crippen molar-refractivity contribution in [2.45, 2.75) is 18.9 Å². The van der Waals surface area contributed by atoms with Crippen LogP contribution in [0.2, 0.25) is 0 Å². The van der Waals surface area contributed by atoms with Gasteiger partial charge in [-0.3, -0.25) is 9.59 Å². The molecule has 1 saturated carbocycles. The Morgan fingerprint density at radius 3 is 2.60 bits per heavy atom. The number of carboxylic acid groups (broad SMARTS) is 1. The summed E-state index contributed by atoms with van der Waals surface area (Å²) in [7, 11) is 0. The van der Waals surface area contributed by atoms with Gasteiger partial charge in [0.25, 0.3) is 0 Å². The molecule has 0 aliphatic heterocycles. The van der Waals surface area contributed by atoms with Crippen LogP contribution < -0.4 is 16.4 Å². The van der Waals surface area contributed by atoms with Crippen molar-refractivity contribution in [3.63, 3.8) is 0 Å². The van der Waals surface area contributed by atoms with Gasteiger partial charge in [-0.1, -0.05) is 0 Å². The largest absolute Gasteiger partial charge is 0.480 e. The molecule has 0 aromatic heterocycles. The monoisotopic (exact) mass is 215 g/mol. The summed E-state index contributed by atoms with van der Waals surface area (Å²) in [6, 6.07) is -0.885. The zero-order chi connectivity index (χ0) is 11.3. The van der Waals surface area contributed by atoms with E-state index in [2.05, 4.69) is 10.6 Å². The molecule has 0 heterocycles. The standard InChI is InChI=1S/C9H17N3O3/c10-7(9(14)15)5-11-3-4-12-8(13)6-1-2-6/h6-7,11H,1-5,10H2,(H,12,13)(H,14,15). The van der Waals surface area contributed by atoms with E-state index in [-0.39, 0.29) is 18.4 Å². The second kappa shape index (κ2) is 5.67. The molecule has 1 atom stereocenters. The van der Waals surface area contributed by atoms with Crippen LogP contribution in [0.4, 0.5) is 0 Å². The highest BCUT2D eigenvalue weighted by Crippen LogP contribution is 2.28. The van der Waals surface area contributed by atoms with Crippen LogP contribution in [0.15, 0.2) is 0 Å². The highest BCUT2D eigenvalue weighted by Gasteiger charge is 2.28. The van der Waals surface area contributed by atoms with Gasteiger partial charge in [0.05, 0.1) is 0 Å². The predicted octanol–water partition coefficient (Wildman–Crippen LogP) is -1.49. The molecule has 5 N–H and O–H groups in total. The minimum absolute atomic E-state index is 0.0966. The molecule has 1 amide bonds. The number of carboxylic acids is 1. The van der Waals surface area contributed by atoms with Gasteiger partial charge in [-0.2, -0.15) is 0 Å². The maximum Gasteiger partial charge on any atom is 0.321 e. The summed E-state index contributed by atoms with van der Waals surface area (Å²) in [5.74, 6) is -0.713. The van der Waals surface area contributed by atoms with Gasteiger partial charge < -0.3 is 21.5 Å². The molecule has 15 heavy (non-hydrogen) atoms. The fraction of sp³-hybridized carbons (Fsp3) is 0.778. The van der Waals surface area contributed by atoms with Crippen molar-refractivity contribution in [2.75, 3.05) is 19.6 Å². The number of hydrogen-bond acceptors (Lipinski definition) is 4. The van der Waals surface area contributed by atoms with E-state index in [1.54, 1.807) is 0 Å². The lowest BCUT2D eigenvalue weighted by atomic mass is 10.3. The van der Waals surface area contributed by atoms with Crippen LogP contribution in [0.1, 0.15) is 12.8 Å². The Bertz CT molecular complexity index is 241. The normalized spacial score (nSPS) is 17.1. The molecule has 1 rings (SSSR count). The number of carbonyl (C=O) groups is 2. The summed E-state index contributed by atoms with van der Waals surface area (Å²) < 4.78 is 0. The van der Waals surface area contributed by atoms with E-state index in [0.717, 1.165) is 12.8 Å². The van der Waals surface area contributed by atoms with E-state index in [0.29, 0.717) is 13.1 Å². The zero-order valence-electron chi connectivity index (χ0n) is 8.53. The maximum absolute atomic E-state index is 11.2. The van der Waals surface area contributed by atoms with Crippen LogP contribution in [-0.4, -0.2) is 42.7 Å². The highest BCUT2D eigenvalue weighted by atomic mass is 16.4. The van der Waals surface area contributed by atoms with Gasteiger partial charge >= 0.3 is 5.97 Å². The first-order chi connectivity index (χ1) is 7.11. The summed E-state index contributed by atoms with van der Waals surface area (Å²) in [5, 5.41) is 14.1. The minimum atomic E-state index is -1.02. The molecule has 1 unspecified atom stereocenters. The molecule has 86 valence electrons. The number of carbonyl (C=O) groups excluding carboxylic acids is 1. The number of aliphatic carboxylic acids is 1. The second-order valence-electron chi connectivity index (χ2n) is 3.71. The lowest BCUT2D eigenvalue weighted by molar-refractivity contribution is -0.138. The molecule has 0 saturated heterocycles. The topological polar surface area (TPSA) is 104 Å². The Morgan fingerprint density at radius 1 is 1.40 bits per heavy atom. The van der Waals surface area contributed by atoms with Crippen LogP contribution >= 0.6 is 0 Å². The summed E-state index contributed by atoms with van der Waals surface area (Å²) in [5.41, 5.74) is 5.27. The molecule has 0 aromatic carbocycles. The molecule has 1 aliphatic carbocycles. The Labute approximate surface area is 88.2 Å². The number of rotatable bonds is 7. The lowest BCUT2D eigenvalue weighted by Gasteiger charge is -2.08. The van der Waals surface area contributed by atoms with Crippen molar-refractivity contribution in [1.29, 1.82) is 0 Å². The molecular formula is C9H17N3O3. The fourth-order valence-electron chi connectivity index (χ4n) is 1.11. The molecule has 0 spiro atoms. The summed E-state index contributed by atoms with van der Waals surface area (Å²) in [4.78, 5) is 21.5. The Hall–Kier alpha value is -1.14. The van der Waals surface area contributed by atoms with Gasteiger partial charge in [0.15, 0.2) is 0 Å². The molecular weight excluding hydrogens is 198 g/mol. The average Bonchev–Trinajstić information content (AvgIpc) is 2.99. The Balaban J connectivity index is 1.92. The Morgan fingerprint density at radius 2 is 2.07 bits per heavy atom.